The Morgan fingerprint density at radius 3 is 1.20 bits per heavy atom. The Hall–Kier alpha value is -1.40. The summed E-state index contributed by atoms with van der Waals surface area (Å²) in [7, 11) is 0. The molecule has 0 bridgehead atoms. The smallest absolute Gasteiger partial charge is 0.305 e. The lowest BCUT2D eigenvalue weighted by molar-refractivity contribution is -0.143. The number of unbranched alkanes of at least 4 members (excludes halogenated alkanes) is 36. The number of amides is 1. The first-order valence-electron chi connectivity index (χ1n) is 26.4. The van der Waals surface area contributed by atoms with Crippen LogP contribution in [0.15, 0.2) is 12.2 Å². The molecular formula is C53H103NO5. The highest BCUT2D eigenvalue weighted by Gasteiger charge is 2.20. The Bertz CT molecular complexity index is 878. The van der Waals surface area contributed by atoms with Crippen molar-refractivity contribution < 1.29 is 24.5 Å². The van der Waals surface area contributed by atoms with E-state index in [1.165, 1.54) is 199 Å². The van der Waals surface area contributed by atoms with Crippen molar-refractivity contribution in [3.63, 3.8) is 0 Å². The van der Waals surface area contributed by atoms with E-state index in [0.29, 0.717) is 25.9 Å². The van der Waals surface area contributed by atoms with Gasteiger partial charge >= 0.3 is 5.97 Å². The van der Waals surface area contributed by atoms with E-state index < -0.39 is 12.1 Å². The minimum Gasteiger partial charge on any atom is -0.466 e. The number of ether oxygens (including phenoxy) is 1. The van der Waals surface area contributed by atoms with E-state index in [0.717, 1.165) is 57.8 Å². The van der Waals surface area contributed by atoms with E-state index >= 15 is 0 Å². The molecule has 350 valence electrons. The predicted octanol–water partition coefficient (Wildman–Crippen LogP) is 15.7. The number of hydrogen-bond donors (Lipinski definition) is 3. The van der Waals surface area contributed by atoms with Gasteiger partial charge in [-0.25, -0.2) is 0 Å². The summed E-state index contributed by atoms with van der Waals surface area (Å²) in [5.74, 6) is -0.0453. The summed E-state index contributed by atoms with van der Waals surface area (Å²) in [4.78, 5) is 24.4. The van der Waals surface area contributed by atoms with Gasteiger partial charge in [0.2, 0.25) is 5.91 Å². The van der Waals surface area contributed by atoms with Crippen LogP contribution in [0, 0.1) is 0 Å². The maximum Gasteiger partial charge on any atom is 0.305 e. The predicted molar refractivity (Wildman–Crippen MR) is 255 cm³/mol. The fourth-order valence-corrected chi connectivity index (χ4v) is 8.22. The quantitative estimate of drug-likeness (QED) is 0.0322. The molecule has 1 amide bonds. The van der Waals surface area contributed by atoms with Crippen molar-refractivity contribution in [1.29, 1.82) is 0 Å². The van der Waals surface area contributed by atoms with Crippen LogP contribution in [0.2, 0.25) is 0 Å². The van der Waals surface area contributed by atoms with E-state index in [4.69, 9.17) is 4.74 Å². The minimum absolute atomic E-state index is 0.00517. The average Bonchev–Trinajstić information content (AvgIpc) is 3.24. The highest BCUT2D eigenvalue weighted by atomic mass is 16.5. The lowest BCUT2D eigenvalue weighted by Crippen LogP contribution is -2.45. The lowest BCUT2D eigenvalue weighted by Gasteiger charge is -2.22. The van der Waals surface area contributed by atoms with Crippen LogP contribution in [0.5, 0.6) is 0 Å². The molecule has 0 rings (SSSR count). The molecule has 2 unspecified atom stereocenters. The van der Waals surface area contributed by atoms with Crippen LogP contribution in [0.1, 0.15) is 290 Å². The monoisotopic (exact) mass is 834 g/mol. The van der Waals surface area contributed by atoms with Gasteiger partial charge < -0.3 is 20.3 Å². The lowest BCUT2D eigenvalue weighted by atomic mass is 10.0. The normalized spacial score (nSPS) is 12.7. The second-order valence-electron chi connectivity index (χ2n) is 18.2. The molecule has 0 aliphatic rings. The summed E-state index contributed by atoms with van der Waals surface area (Å²) in [6.45, 7) is 4.93. The Kier molecular flexibility index (Phi) is 48.1. The molecule has 3 N–H and O–H groups in total. The van der Waals surface area contributed by atoms with Crippen LogP contribution in [0.25, 0.3) is 0 Å². The molecule has 6 heteroatoms. The van der Waals surface area contributed by atoms with Crippen LogP contribution in [0.4, 0.5) is 0 Å². The molecular weight excluding hydrogens is 731 g/mol. The highest BCUT2D eigenvalue weighted by molar-refractivity contribution is 5.76. The summed E-state index contributed by atoms with van der Waals surface area (Å²) in [5.41, 5.74) is 0. The maximum atomic E-state index is 12.4. The van der Waals surface area contributed by atoms with Gasteiger partial charge in [0.15, 0.2) is 0 Å². The molecule has 0 saturated heterocycles. The van der Waals surface area contributed by atoms with Gasteiger partial charge in [-0.1, -0.05) is 238 Å². The fourth-order valence-electron chi connectivity index (χ4n) is 8.22. The molecule has 0 radical (unpaired) electrons. The van der Waals surface area contributed by atoms with Gasteiger partial charge in [-0.3, -0.25) is 9.59 Å². The van der Waals surface area contributed by atoms with Gasteiger partial charge in [0.25, 0.3) is 0 Å². The number of carbonyl (C=O) groups is 2. The molecule has 0 aliphatic heterocycles. The third kappa shape index (κ3) is 45.9. The molecule has 6 nitrogen and oxygen atoms in total. The van der Waals surface area contributed by atoms with Crippen LogP contribution in [-0.4, -0.2) is 47.4 Å². The zero-order valence-electron chi connectivity index (χ0n) is 39.7. The summed E-state index contributed by atoms with van der Waals surface area (Å²) in [6.07, 6.45) is 56.2. The van der Waals surface area contributed by atoms with E-state index in [1.807, 2.05) is 0 Å². The van der Waals surface area contributed by atoms with Crippen molar-refractivity contribution in [2.75, 3.05) is 13.2 Å². The zero-order valence-corrected chi connectivity index (χ0v) is 39.7. The summed E-state index contributed by atoms with van der Waals surface area (Å²) >= 11 is 0. The molecule has 2 atom stereocenters. The Balaban J connectivity index is 3.42. The molecule has 0 aromatic rings. The number of hydrogen-bond acceptors (Lipinski definition) is 5. The number of esters is 1. The van der Waals surface area contributed by atoms with Crippen molar-refractivity contribution in [3.05, 3.63) is 12.2 Å². The number of allylic oxidation sites excluding steroid dienone is 2. The van der Waals surface area contributed by atoms with E-state index in [9.17, 15) is 19.8 Å². The van der Waals surface area contributed by atoms with Crippen LogP contribution < -0.4 is 5.32 Å². The van der Waals surface area contributed by atoms with E-state index in [-0.39, 0.29) is 18.5 Å². The van der Waals surface area contributed by atoms with Crippen molar-refractivity contribution >= 4 is 11.9 Å². The number of aliphatic hydroxyl groups excluding tert-OH is 2. The molecule has 0 spiro atoms. The first-order chi connectivity index (χ1) is 29.0. The second kappa shape index (κ2) is 49.3. The number of carbonyl (C=O) groups excluding carboxylic acids is 2. The minimum atomic E-state index is -0.670. The molecule has 0 heterocycles. The molecule has 0 aliphatic carbocycles. The van der Waals surface area contributed by atoms with Crippen molar-refractivity contribution in [2.24, 2.45) is 0 Å². The van der Waals surface area contributed by atoms with Gasteiger partial charge in [0.05, 0.1) is 25.4 Å². The van der Waals surface area contributed by atoms with Gasteiger partial charge in [0.1, 0.15) is 0 Å². The number of nitrogens with one attached hydrogen (secondary N) is 1. The first-order valence-corrected chi connectivity index (χ1v) is 26.4. The van der Waals surface area contributed by atoms with Gasteiger partial charge in [-0.15, -0.1) is 0 Å². The third-order valence-electron chi connectivity index (χ3n) is 12.3. The standard InChI is InChI=1S/C53H103NO5/c1-3-5-7-9-11-13-15-16-24-27-31-35-39-43-47-53(58)59-48-44-40-36-32-28-25-22-20-18-17-19-21-23-26-30-34-38-42-46-52(57)54-50(49-55)51(56)45-41-37-33-29-14-12-10-8-6-4-2/h19,21,50-51,55-56H,3-18,20,22-49H2,1-2H3,(H,54,57)/b21-19-. The maximum absolute atomic E-state index is 12.4. The van der Waals surface area contributed by atoms with Gasteiger partial charge in [-0.2, -0.15) is 0 Å². The van der Waals surface area contributed by atoms with E-state index in [2.05, 4.69) is 31.3 Å². The molecule has 0 saturated carbocycles. The SMILES string of the molecule is CCCCCCCCCCCCCCCCC(=O)OCCCCCCCCCCC/C=C\CCCCCCCC(=O)NC(CO)C(O)CCCCCCCCCCCC. The van der Waals surface area contributed by atoms with Crippen molar-refractivity contribution in [2.45, 2.75) is 302 Å². The molecule has 0 aromatic heterocycles. The van der Waals surface area contributed by atoms with Gasteiger partial charge in [0, 0.05) is 12.8 Å². The van der Waals surface area contributed by atoms with Crippen LogP contribution in [-0.2, 0) is 14.3 Å². The third-order valence-corrected chi connectivity index (χ3v) is 12.3. The molecule has 59 heavy (non-hydrogen) atoms. The zero-order chi connectivity index (χ0) is 43.0. The van der Waals surface area contributed by atoms with Crippen molar-refractivity contribution in [3.8, 4) is 0 Å². The van der Waals surface area contributed by atoms with Crippen LogP contribution in [0.3, 0.4) is 0 Å². The largest absolute Gasteiger partial charge is 0.466 e. The van der Waals surface area contributed by atoms with Gasteiger partial charge in [-0.05, 0) is 51.4 Å². The van der Waals surface area contributed by atoms with Crippen molar-refractivity contribution in [1.82, 2.24) is 5.32 Å². The van der Waals surface area contributed by atoms with Crippen LogP contribution >= 0.6 is 0 Å². The summed E-state index contributed by atoms with van der Waals surface area (Å²) in [5, 5.41) is 23.1. The Morgan fingerprint density at radius 2 is 0.797 bits per heavy atom. The molecule has 0 fully saturated rings. The fraction of sp³-hybridized carbons (Fsp3) is 0.925. The summed E-state index contributed by atoms with van der Waals surface area (Å²) in [6, 6.07) is -0.548. The van der Waals surface area contributed by atoms with E-state index in [1.54, 1.807) is 0 Å². The number of aliphatic hydroxyl groups is 2. The highest BCUT2D eigenvalue weighted by Crippen LogP contribution is 2.16. The second-order valence-corrected chi connectivity index (χ2v) is 18.2. The Morgan fingerprint density at radius 1 is 0.458 bits per heavy atom. The molecule has 0 aromatic carbocycles. The number of rotatable bonds is 49. The summed E-state index contributed by atoms with van der Waals surface area (Å²) < 4.78 is 5.47. The Labute approximate surface area is 368 Å². The average molecular weight is 834 g/mol. The topological polar surface area (TPSA) is 95.9 Å². The first kappa shape index (κ1) is 57.6.